The molecular formula is C10H11BrO4S. The second-order valence-electron chi connectivity index (χ2n) is 2.43. The summed E-state index contributed by atoms with van der Waals surface area (Å²) < 4.78 is 24.9. The fraction of sp³-hybridized carbons (Fsp3) is 0.200. The van der Waals surface area contributed by atoms with E-state index in [9.17, 15) is 13.2 Å². The van der Waals surface area contributed by atoms with Gasteiger partial charge in [0.05, 0.1) is 6.61 Å². The predicted octanol–water partition coefficient (Wildman–Crippen LogP) is 1.68. The minimum Gasteiger partial charge on any atom is -0.462 e. The van der Waals surface area contributed by atoms with E-state index in [0.29, 0.717) is 5.37 Å². The zero-order chi connectivity index (χ0) is 12.4. The molecule has 0 radical (unpaired) electrons. The molecule has 0 N–H and O–H groups in total. The third-order valence-corrected chi connectivity index (χ3v) is 2.13. The summed E-state index contributed by atoms with van der Waals surface area (Å²) in [5.74, 6) is -0.828. The summed E-state index contributed by atoms with van der Waals surface area (Å²) in [6.07, 6.45) is 0. The van der Waals surface area contributed by atoms with Crippen molar-refractivity contribution in [3.8, 4) is 0 Å². The monoisotopic (exact) mass is 306 g/mol. The van der Waals surface area contributed by atoms with E-state index >= 15 is 0 Å². The van der Waals surface area contributed by atoms with Gasteiger partial charge in [-0.15, -0.1) is 0 Å². The van der Waals surface area contributed by atoms with Gasteiger partial charge in [0.15, 0.2) is 0 Å². The van der Waals surface area contributed by atoms with Gasteiger partial charge < -0.3 is 4.74 Å². The van der Waals surface area contributed by atoms with Crippen molar-refractivity contribution in [3.63, 3.8) is 0 Å². The van der Waals surface area contributed by atoms with Crippen LogP contribution >= 0.6 is 15.9 Å². The quantitative estimate of drug-likeness (QED) is 0.616. The lowest BCUT2D eigenvalue weighted by Crippen LogP contribution is -2.04. The third-order valence-electron chi connectivity index (χ3n) is 1.21. The molecule has 0 aliphatic heterocycles. The number of benzene rings is 1. The summed E-state index contributed by atoms with van der Waals surface area (Å²) in [6.45, 7) is 1.78. The van der Waals surface area contributed by atoms with E-state index < -0.39 is 16.3 Å². The van der Waals surface area contributed by atoms with Crippen LogP contribution in [0.4, 0.5) is 0 Å². The lowest BCUT2D eigenvalue weighted by atomic mass is 10.4. The molecule has 0 saturated carbocycles. The molecule has 0 aromatic heterocycles. The van der Waals surface area contributed by atoms with Gasteiger partial charge in [0.1, 0.15) is 5.37 Å². The zero-order valence-electron chi connectivity index (χ0n) is 8.59. The van der Waals surface area contributed by atoms with Gasteiger partial charge in [0, 0.05) is 4.47 Å². The molecule has 4 nitrogen and oxygen atoms in total. The molecule has 0 amide bonds. The second kappa shape index (κ2) is 9.11. The maximum absolute atomic E-state index is 10.2. The van der Waals surface area contributed by atoms with E-state index in [2.05, 4.69) is 20.7 Å². The molecule has 0 atom stereocenters. The Morgan fingerprint density at radius 1 is 1.38 bits per heavy atom. The van der Waals surface area contributed by atoms with E-state index in [-0.39, 0.29) is 6.61 Å². The molecule has 0 saturated heterocycles. The van der Waals surface area contributed by atoms with Crippen LogP contribution in [0.5, 0.6) is 0 Å². The van der Waals surface area contributed by atoms with Crippen molar-refractivity contribution in [1.82, 2.24) is 0 Å². The lowest BCUT2D eigenvalue weighted by Gasteiger charge is -1.89. The number of halogens is 1. The topological polar surface area (TPSA) is 60.4 Å². The van der Waals surface area contributed by atoms with Crippen molar-refractivity contribution < 1.29 is 17.9 Å². The molecule has 0 spiro atoms. The van der Waals surface area contributed by atoms with Crippen molar-refractivity contribution in [2.45, 2.75) is 6.92 Å². The average Bonchev–Trinajstić information content (AvgIpc) is 2.18. The van der Waals surface area contributed by atoms with Crippen molar-refractivity contribution >= 4 is 37.6 Å². The van der Waals surface area contributed by atoms with Crippen molar-refractivity contribution in [1.29, 1.82) is 0 Å². The van der Waals surface area contributed by atoms with Gasteiger partial charge >= 0.3 is 5.97 Å². The summed E-state index contributed by atoms with van der Waals surface area (Å²) in [6, 6.07) is 9.97. The van der Waals surface area contributed by atoms with Crippen molar-refractivity contribution in [2.75, 3.05) is 6.61 Å². The summed E-state index contributed by atoms with van der Waals surface area (Å²) in [7, 11) is -2.45. The van der Waals surface area contributed by atoms with Gasteiger partial charge in [-0.2, -0.15) is 8.42 Å². The van der Waals surface area contributed by atoms with Crippen LogP contribution in [0.25, 0.3) is 0 Å². The molecule has 0 aliphatic carbocycles. The van der Waals surface area contributed by atoms with Crippen LogP contribution in [0.2, 0.25) is 0 Å². The van der Waals surface area contributed by atoms with Crippen LogP contribution in [0, 0.1) is 0 Å². The highest BCUT2D eigenvalue weighted by molar-refractivity contribution is 9.10. The second-order valence-corrected chi connectivity index (χ2v) is 4.10. The Balaban J connectivity index is 0.000000288. The minimum absolute atomic E-state index is 0.187. The SMILES string of the molecule is Brc1ccccc1.CCOC(=O)C=S(=O)=O. The number of carbonyl (C=O) groups is 1. The normalized spacial score (nSPS) is 8.38. The Morgan fingerprint density at radius 3 is 2.25 bits per heavy atom. The minimum atomic E-state index is -2.45. The highest BCUT2D eigenvalue weighted by atomic mass is 79.9. The molecule has 0 bridgehead atoms. The number of ether oxygens (including phenoxy) is 1. The van der Waals surface area contributed by atoms with Crippen molar-refractivity contribution in [2.24, 2.45) is 0 Å². The molecule has 6 heteroatoms. The first-order valence-electron chi connectivity index (χ1n) is 4.36. The summed E-state index contributed by atoms with van der Waals surface area (Å²) in [4.78, 5) is 10.2. The van der Waals surface area contributed by atoms with Crippen LogP contribution in [0.1, 0.15) is 6.92 Å². The van der Waals surface area contributed by atoms with E-state index in [0.717, 1.165) is 4.47 Å². The van der Waals surface area contributed by atoms with Crippen LogP contribution < -0.4 is 0 Å². The van der Waals surface area contributed by atoms with E-state index in [4.69, 9.17) is 0 Å². The number of esters is 1. The largest absolute Gasteiger partial charge is 0.462 e. The van der Waals surface area contributed by atoms with Crippen LogP contribution in [0.15, 0.2) is 34.8 Å². The Hall–Kier alpha value is -1.14. The molecular weight excluding hydrogens is 296 g/mol. The summed E-state index contributed by atoms with van der Waals surface area (Å²) in [5.41, 5.74) is 0. The Bertz CT molecular complexity index is 431. The smallest absolute Gasteiger partial charge is 0.346 e. The third kappa shape index (κ3) is 9.42. The molecule has 1 aromatic rings. The number of carbonyl (C=O) groups excluding carboxylic acids is 1. The summed E-state index contributed by atoms with van der Waals surface area (Å²) >= 11 is 3.31. The standard InChI is InChI=1S/C6H5Br.C4H6O4S/c7-6-4-2-1-3-5-6;1-2-8-4(5)3-9(6)7/h1-5H;3H,2H2,1H3. The highest BCUT2D eigenvalue weighted by Gasteiger charge is 1.93. The zero-order valence-corrected chi connectivity index (χ0v) is 11.0. The van der Waals surface area contributed by atoms with Gasteiger partial charge in [-0.05, 0) is 19.1 Å². The van der Waals surface area contributed by atoms with Gasteiger partial charge in [-0.1, -0.05) is 34.1 Å². The van der Waals surface area contributed by atoms with Gasteiger partial charge in [0.25, 0.3) is 0 Å². The highest BCUT2D eigenvalue weighted by Crippen LogP contribution is 2.05. The number of hydrogen-bond acceptors (Lipinski definition) is 4. The Morgan fingerprint density at radius 2 is 1.94 bits per heavy atom. The Labute approximate surface area is 104 Å². The van der Waals surface area contributed by atoms with Crippen LogP contribution in [0.3, 0.4) is 0 Å². The number of rotatable bonds is 2. The fourth-order valence-corrected chi connectivity index (χ4v) is 1.20. The van der Waals surface area contributed by atoms with Crippen LogP contribution in [-0.4, -0.2) is 26.4 Å². The van der Waals surface area contributed by atoms with Crippen molar-refractivity contribution in [3.05, 3.63) is 34.8 Å². The molecule has 0 fully saturated rings. The molecule has 1 rings (SSSR count). The van der Waals surface area contributed by atoms with E-state index in [1.54, 1.807) is 6.92 Å². The van der Waals surface area contributed by atoms with E-state index in [1.165, 1.54) is 0 Å². The first-order chi connectivity index (χ1) is 7.56. The maximum atomic E-state index is 10.2. The first-order valence-corrected chi connectivity index (χ1v) is 6.29. The van der Waals surface area contributed by atoms with E-state index in [1.807, 2.05) is 30.3 Å². The van der Waals surface area contributed by atoms with Gasteiger partial charge in [-0.3, -0.25) is 0 Å². The Kier molecular flexibility index (Phi) is 8.46. The summed E-state index contributed by atoms with van der Waals surface area (Å²) in [5, 5.41) is 0.476. The van der Waals surface area contributed by atoms with Gasteiger partial charge in [0.2, 0.25) is 10.3 Å². The average molecular weight is 307 g/mol. The molecule has 16 heavy (non-hydrogen) atoms. The maximum Gasteiger partial charge on any atom is 0.346 e. The molecule has 0 heterocycles. The lowest BCUT2D eigenvalue weighted by molar-refractivity contribution is -0.134. The predicted molar refractivity (Wildman–Crippen MR) is 65.8 cm³/mol. The van der Waals surface area contributed by atoms with Gasteiger partial charge in [-0.25, -0.2) is 4.79 Å². The molecule has 88 valence electrons. The molecule has 1 aromatic carbocycles. The molecule has 0 aliphatic rings. The first kappa shape index (κ1) is 14.9. The molecule has 0 unspecified atom stereocenters. The number of hydrogen-bond donors (Lipinski definition) is 0. The van der Waals surface area contributed by atoms with Crippen LogP contribution in [-0.2, 0) is 19.8 Å². The fourth-order valence-electron chi connectivity index (χ4n) is 0.670.